The van der Waals surface area contributed by atoms with Crippen LogP contribution in [-0.2, 0) is 16.6 Å². The van der Waals surface area contributed by atoms with Crippen molar-refractivity contribution in [2.75, 3.05) is 18.4 Å². The van der Waals surface area contributed by atoms with Crippen LogP contribution in [0.25, 0.3) is 11.3 Å². The Kier molecular flexibility index (Phi) is 6.51. The third kappa shape index (κ3) is 4.91. The van der Waals surface area contributed by atoms with Gasteiger partial charge < -0.3 is 5.32 Å². The Hall–Kier alpha value is -2.22. The summed E-state index contributed by atoms with van der Waals surface area (Å²) < 4.78 is 27.5. The molecule has 1 aliphatic rings. The molecule has 0 atom stereocenters. The third-order valence-electron chi connectivity index (χ3n) is 5.38. The van der Waals surface area contributed by atoms with Gasteiger partial charge in [0.25, 0.3) is 0 Å². The first-order valence-corrected chi connectivity index (χ1v) is 12.7. The molecule has 7 heteroatoms. The number of aryl methyl sites for hydroxylation is 1. The number of thiazole rings is 1. The van der Waals surface area contributed by atoms with Gasteiger partial charge in [0.2, 0.25) is 10.0 Å². The second kappa shape index (κ2) is 9.29. The van der Waals surface area contributed by atoms with E-state index in [0.717, 1.165) is 48.6 Å². The minimum Gasteiger partial charge on any atom is -0.357 e. The van der Waals surface area contributed by atoms with E-state index in [1.54, 1.807) is 27.8 Å². The van der Waals surface area contributed by atoms with Crippen molar-refractivity contribution in [1.82, 2.24) is 9.29 Å². The van der Waals surface area contributed by atoms with Gasteiger partial charge >= 0.3 is 0 Å². The van der Waals surface area contributed by atoms with E-state index >= 15 is 0 Å². The molecule has 158 valence electrons. The van der Waals surface area contributed by atoms with Crippen molar-refractivity contribution in [3.8, 4) is 11.3 Å². The van der Waals surface area contributed by atoms with Crippen LogP contribution in [0.2, 0.25) is 0 Å². The van der Waals surface area contributed by atoms with Gasteiger partial charge in [-0.3, -0.25) is 0 Å². The van der Waals surface area contributed by atoms with Crippen molar-refractivity contribution >= 4 is 26.5 Å². The first-order chi connectivity index (χ1) is 14.5. The van der Waals surface area contributed by atoms with Crippen molar-refractivity contribution in [3.63, 3.8) is 0 Å². The maximum Gasteiger partial charge on any atom is 0.243 e. The summed E-state index contributed by atoms with van der Waals surface area (Å²) in [5, 5.41) is 6.22. The number of nitrogens with one attached hydrogen (secondary N) is 1. The monoisotopic (exact) mass is 441 g/mol. The highest BCUT2D eigenvalue weighted by molar-refractivity contribution is 7.89. The van der Waals surface area contributed by atoms with E-state index in [2.05, 4.69) is 41.5 Å². The van der Waals surface area contributed by atoms with Crippen molar-refractivity contribution < 1.29 is 8.42 Å². The maximum absolute atomic E-state index is 12.9. The topological polar surface area (TPSA) is 62.3 Å². The lowest BCUT2D eigenvalue weighted by Gasteiger charge is -2.19. The molecule has 1 N–H and O–H groups in total. The normalized spacial score (nSPS) is 15.6. The number of hydrogen-bond acceptors (Lipinski definition) is 5. The fraction of sp³-hybridized carbons (Fsp3) is 0.348. The zero-order valence-corrected chi connectivity index (χ0v) is 18.8. The van der Waals surface area contributed by atoms with Crippen LogP contribution in [0, 0.1) is 6.92 Å². The summed E-state index contributed by atoms with van der Waals surface area (Å²) in [6, 6.07) is 15.5. The molecule has 1 aromatic heterocycles. The Morgan fingerprint density at radius 1 is 1.03 bits per heavy atom. The van der Waals surface area contributed by atoms with Gasteiger partial charge in [-0.1, -0.05) is 54.8 Å². The number of benzene rings is 2. The molecule has 0 bridgehead atoms. The van der Waals surface area contributed by atoms with E-state index in [9.17, 15) is 8.42 Å². The summed E-state index contributed by atoms with van der Waals surface area (Å²) in [7, 11) is -3.42. The zero-order valence-electron chi connectivity index (χ0n) is 17.2. The van der Waals surface area contributed by atoms with Gasteiger partial charge in [-0.05, 0) is 37.5 Å². The van der Waals surface area contributed by atoms with E-state index in [1.807, 2.05) is 17.5 Å². The predicted octanol–water partition coefficient (Wildman–Crippen LogP) is 5.30. The number of aromatic nitrogens is 1. The van der Waals surface area contributed by atoms with Crippen LogP contribution in [0.3, 0.4) is 0 Å². The highest BCUT2D eigenvalue weighted by atomic mass is 32.2. The fourth-order valence-corrected chi connectivity index (χ4v) is 5.95. The molecule has 0 radical (unpaired) electrons. The summed E-state index contributed by atoms with van der Waals surface area (Å²) in [4.78, 5) is 5.02. The summed E-state index contributed by atoms with van der Waals surface area (Å²) >= 11 is 1.55. The van der Waals surface area contributed by atoms with E-state index in [0.29, 0.717) is 18.0 Å². The SMILES string of the molecule is Cc1cccc(CNc2nc(-c3ccc(S(=O)(=O)N4CCCCCC4)cc3)cs2)c1. The van der Waals surface area contributed by atoms with Crippen molar-refractivity contribution in [2.45, 2.75) is 44.0 Å². The lowest BCUT2D eigenvalue weighted by atomic mass is 10.1. The molecule has 2 heterocycles. The second-order valence-electron chi connectivity index (χ2n) is 7.72. The molecule has 1 saturated heterocycles. The quantitative estimate of drug-likeness (QED) is 0.564. The Labute approximate surface area is 182 Å². The van der Waals surface area contributed by atoms with Crippen molar-refractivity contribution in [3.05, 3.63) is 65.0 Å². The molecule has 0 spiro atoms. The molecular formula is C23H27N3O2S2. The zero-order chi connectivity index (χ0) is 21.0. The predicted molar refractivity (Wildman–Crippen MR) is 123 cm³/mol. The number of nitrogens with zero attached hydrogens (tertiary/aromatic N) is 2. The van der Waals surface area contributed by atoms with Crippen LogP contribution in [0.5, 0.6) is 0 Å². The van der Waals surface area contributed by atoms with Gasteiger partial charge in [0.05, 0.1) is 10.6 Å². The summed E-state index contributed by atoms with van der Waals surface area (Å²) in [6.45, 7) is 4.04. The second-order valence-corrected chi connectivity index (χ2v) is 10.5. The summed E-state index contributed by atoms with van der Waals surface area (Å²) in [5.41, 5.74) is 4.23. The van der Waals surface area contributed by atoms with Gasteiger partial charge in [-0.2, -0.15) is 4.31 Å². The number of sulfonamides is 1. The molecule has 0 amide bonds. The third-order valence-corrected chi connectivity index (χ3v) is 8.10. The van der Waals surface area contributed by atoms with Gasteiger partial charge in [-0.15, -0.1) is 11.3 Å². The first-order valence-electron chi connectivity index (χ1n) is 10.4. The van der Waals surface area contributed by atoms with E-state index in [1.165, 1.54) is 11.1 Å². The van der Waals surface area contributed by atoms with Gasteiger partial charge in [0, 0.05) is 30.6 Å². The van der Waals surface area contributed by atoms with Crippen LogP contribution < -0.4 is 5.32 Å². The van der Waals surface area contributed by atoms with Crippen molar-refractivity contribution in [1.29, 1.82) is 0 Å². The summed E-state index contributed by atoms with van der Waals surface area (Å²) in [5.74, 6) is 0. The Morgan fingerprint density at radius 2 is 1.77 bits per heavy atom. The molecule has 2 aromatic carbocycles. The minimum absolute atomic E-state index is 0.362. The molecule has 5 nitrogen and oxygen atoms in total. The standard InChI is InChI=1S/C23H27N3O2S2/c1-18-7-6-8-19(15-18)16-24-23-25-22(17-29-23)20-9-11-21(12-10-20)30(27,28)26-13-4-2-3-5-14-26/h6-12,15,17H,2-5,13-14,16H2,1H3,(H,24,25). The molecule has 0 aliphatic carbocycles. The lowest BCUT2D eigenvalue weighted by Crippen LogP contribution is -2.31. The minimum atomic E-state index is -3.42. The van der Waals surface area contributed by atoms with Crippen LogP contribution >= 0.6 is 11.3 Å². The molecule has 4 rings (SSSR count). The number of anilines is 1. The average Bonchev–Trinajstić information content (AvgIpc) is 3.04. The maximum atomic E-state index is 12.9. The fourth-order valence-electron chi connectivity index (χ4n) is 3.72. The molecule has 0 saturated carbocycles. The lowest BCUT2D eigenvalue weighted by molar-refractivity contribution is 0.424. The Balaban J connectivity index is 1.44. The largest absolute Gasteiger partial charge is 0.357 e. The molecule has 1 fully saturated rings. The van der Waals surface area contributed by atoms with Crippen molar-refractivity contribution in [2.24, 2.45) is 0 Å². The molecular weight excluding hydrogens is 414 g/mol. The van der Waals surface area contributed by atoms with E-state index < -0.39 is 10.0 Å². The smallest absolute Gasteiger partial charge is 0.243 e. The Morgan fingerprint density at radius 3 is 2.47 bits per heavy atom. The highest BCUT2D eigenvalue weighted by Crippen LogP contribution is 2.27. The molecule has 1 aliphatic heterocycles. The van der Waals surface area contributed by atoms with Crippen LogP contribution in [-0.4, -0.2) is 30.8 Å². The van der Waals surface area contributed by atoms with Crippen LogP contribution in [0.1, 0.15) is 36.8 Å². The number of rotatable bonds is 6. The highest BCUT2D eigenvalue weighted by Gasteiger charge is 2.25. The van der Waals surface area contributed by atoms with Gasteiger partial charge in [0.15, 0.2) is 5.13 Å². The Bertz CT molecular complexity index is 1080. The average molecular weight is 442 g/mol. The molecule has 30 heavy (non-hydrogen) atoms. The van der Waals surface area contributed by atoms with Crippen LogP contribution in [0.4, 0.5) is 5.13 Å². The van der Waals surface area contributed by atoms with E-state index in [-0.39, 0.29) is 0 Å². The molecule has 3 aromatic rings. The van der Waals surface area contributed by atoms with Crippen LogP contribution in [0.15, 0.2) is 58.8 Å². The van der Waals surface area contributed by atoms with Gasteiger partial charge in [-0.25, -0.2) is 13.4 Å². The number of hydrogen-bond donors (Lipinski definition) is 1. The summed E-state index contributed by atoms with van der Waals surface area (Å²) in [6.07, 6.45) is 4.09. The van der Waals surface area contributed by atoms with Gasteiger partial charge in [0.1, 0.15) is 0 Å². The molecule has 0 unspecified atom stereocenters. The van der Waals surface area contributed by atoms with E-state index in [4.69, 9.17) is 0 Å². The first kappa shape index (κ1) is 21.0.